The lowest BCUT2D eigenvalue weighted by molar-refractivity contribution is 0.182. The first-order valence-electron chi connectivity index (χ1n) is 12.2. The first-order valence-corrected chi connectivity index (χ1v) is 12.2. The van der Waals surface area contributed by atoms with Gasteiger partial charge in [0.2, 0.25) is 0 Å². The molecule has 33 heavy (non-hydrogen) atoms. The van der Waals surface area contributed by atoms with Gasteiger partial charge >= 0.3 is 6.09 Å². The van der Waals surface area contributed by atoms with Crippen LogP contribution in [0.1, 0.15) is 56.1 Å². The van der Waals surface area contributed by atoms with Crippen molar-refractivity contribution in [3.8, 4) is 5.75 Å². The predicted molar refractivity (Wildman–Crippen MR) is 135 cm³/mol. The van der Waals surface area contributed by atoms with Crippen molar-refractivity contribution in [1.82, 2.24) is 10.2 Å². The van der Waals surface area contributed by atoms with Gasteiger partial charge in [-0.2, -0.15) is 0 Å². The summed E-state index contributed by atoms with van der Waals surface area (Å²) in [4.78, 5) is 13.5. The minimum atomic E-state index is -0.974. The molecule has 1 saturated carbocycles. The van der Waals surface area contributed by atoms with Gasteiger partial charge in [0.05, 0.1) is 7.11 Å². The topological polar surface area (TPSA) is 61.8 Å². The van der Waals surface area contributed by atoms with Crippen molar-refractivity contribution in [2.75, 3.05) is 26.7 Å². The number of rotatable bonds is 7. The summed E-state index contributed by atoms with van der Waals surface area (Å²) < 4.78 is 5.47. The van der Waals surface area contributed by atoms with Crippen LogP contribution in [-0.4, -0.2) is 48.9 Å². The van der Waals surface area contributed by atoms with Crippen molar-refractivity contribution in [2.45, 2.75) is 57.4 Å². The van der Waals surface area contributed by atoms with Crippen LogP contribution in [0.15, 0.2) is 60.7 Å². The normalized spacial score (nSPS) is 17.2. The van der Waals surface area contributed by atoms with Crippen molar-refractivity contribution < 1.29 is 14.6 Å². The number of benzene rings is 2. The largest absolute Gasteiger partial charge is 0.496 e. The Morgan fingerprint density at radius 3 is 2.21 bits per heavy atom. The molecule has 2 N–H and O–H groups in total. The zero-order chi connectivity index (χ0) is 23.3. The molecule has 2 aliphatic rings. The summed E-state index contributed by atoms with van der Waals surface area (Å²) in [5, 5.41) is 11.9. The van der Waals surface area contributed by atoms with Crippen molar-refractivity contribution in [3.63, 3.8) is 0 Å². The van der Waals surface area contributed by atoms with Gasteiger partial charge in [-0.15, -0.1) is 0 Å². The number of amides is 1. The third-order valence-electron chi connectivity index (χ3n) is 6.38. The Morgan fingerprint density at radius 2 is 1.64 bits per heavy atom. The Labute approximate surface area is 198 Å². The van der Waals surface area contributed by atoms with Crippen molar-refractivity contribution >= 4 is 11.7 Å². The van der Waals surface area contributed by atoms with Gasteiger partial charge in [0, 0.05) is 31.2 Å². The molecule has 1 amide bonds. The number of hydrogen-bond acceptors (Lipinski definition) is 3. The lowest BCUT2D eigenvalue weighted by Crippen LogP contribution is -2.45. The van der Waals surface area contributed by atoms with Crippen LogP contribution in [-0.2, 0) is 6.42 Å². The first-order chi connectivity index (χ1) is 16.2. The smallest absolute Gasteiger partial charge is 0.404 e. The van der Waals surface area contributed by atoms with Crippen LogP contribution in [0.5, 0.6) is 5.75 Å². The molecule has 5 nitrogen and oxygen atoms in total. The molecule has 1 aliphatic carbocycles. The van der Waals surface area contributed by atoms with Crippen LogP contribution in [0.4, 0.5) is 4.79 Å². The van der Waals surface area contributed by atoms with E-state index in [1.54, 1.807) is 7.11 Å². The van der Waals surface area contributed by atoms with E-state index in [0.717, 1.165) is 36.4 Å². The van der Waals surface area contributed by atoms with Crippen LogP contribution in [0.2, 0.25) is 0 Å². The van der Waals surface area contributed by atoms with Gasteiger partial charge in [-0.3, -0.25) is 4.90 Å². The fourth-order valence-electron chi connectivity index (χ4n) is 4.64. The number of ether oxygens (including phenoxy) is 1. The second-order valence-electron chi connectivity index (χ2n) is 8.90. The number of methoxy groups -OCH3 is 1. The third kappa shape index (κ3) is 8.58. The standard InChI is InChI=1S/C22H26N2O3.C6H12/c1-27-21-10-6-5-9-20(21)18-11-13-24(14-12-18)16-19(23-22(25)26)15-17-7-3-2-4-8-17;1-2-4-6-5-3-1/h2-11,19,23H,12-16H2,1H3,(H,25,26);1-6H2/t19-;/m1./s1. The minimum Gasteiger partial charge on any atom is -0.496 e. The average molecular weight is 451 g/mol. The lowest BCUT2D eigenvalue weighted by Gasteiger charge is -2.30. The second kappa shape index (κ2) is 13.7. The number of para-hydroxylation sites is 1. The Morgan fingerprint density at radius 1 is 1.00 bits per heavy atom. The van der Waals surface area contributed by atoms with Crippen LogP contribution in [0, 0.1) is 0 Å². The van der Waals surface area contributed by atoms with Gasteiger partial charge in [-0.25, -0.2) is 4.79 Å². The highest BCUT2D eigenvalue weighted by molar-refractivity contribution is 5.71. The molecular formula is C28H38N2O3. The highest BCUT2D eigenvalue weighted by Gasteiger charge is 2.20. The summed E-state index contributed by atoms with van der Waals surface area (Å²) in [7, 11) is 1.69. The van der Waals surface area contributed by atoms with E-state index in [2.05, 4.69) is 22.4 Å². The number of nitrogens with zero attached hydrogens (tertiary/aromatic N) is 1. The molecule has 2 aromatic rings. The van der Waals surface area contributed by atoms with E-state index >= 15 is 0 Å². The first kappa shape index (κ1) is 24.8. The molecule has 1 atom stereocenters. The third-order valence-corrected chi connectivity index (χ3v) is 6.38. The monoisotopic (exact) mass is 450 g/mol. The highest BCUT2D eigenvalue weighted by atomic mass is 16.5. The van der Waals surface area contributed by atoms with E-state index in [9.17, 15) is 9.90 Å². The van der Waals surface area contributed by atoms with E-state index in [1.807, 2.05) is 48.5 Å². The molecule has 0 bridgehead atoms. The van der Waals surface area contributed by atoms with Crippen LogP contribution < -0.4 is 10.1 Å². The highest BCUT2D eigenvalue weighted by Crippen LogP contribution is 2.30. The van der Waals surface area contributed by atoms with Gasteiger partial charge in [0.1, 0.15) is 5.75 Å². The average Bonchev–Trinajstić information content (AvgIpc) is 2.86. The molecular weight excluding hydrogens is 412 g/mol. The van der Waals surface area contributed by atoms with Crippen molar-refractivity contribution in [1.29, 1.82) is 0 Å². The van der Waals surface area contributed by atoms with Crippen LogP contribution in [0.25, 0.3) is 5.57 Å². The van der Waals surface area contributed by atoms with E-state index in [0.29, 0.717) is 13.0 Å². The van der Waals surface area contributed by atoms with E-state index in [1.165, 1.54) is 44.1 Å². The zero-order valence-corrected chi connectivity index (χ0v) is 19.8. The maximum Gasteiger partial charge on any atom is 0.404 e. The molecule has 1 heterocycles. The Hall–Kier alpha value is -2.79. The predicted octanol–water partition coefficient (Wildman–Crippen LogP) is 6.00. The molecule has 178 valence electrons. The quantitative estimate of drug-likeness (QED) is 0.543. The molecule has 4 rings (SSSR count). The van der Waals surface area contributed by atoms with Gasteiger partial charge in [0.15, 0.2) is 0 Å². The van der Waals surface area contributed by atoms with Crippen LogP contribution >= 0.6 is 0 Å². The molecule has 5 heteroatoms. The lowest BCUT2D eigenvalue weighted by atomic mass is 9.98. The molecule has 1 fully saturated rings. The summed E-state index contributed by atoms with van der Waals surface area (Å²) in [6, 6.07) is 17.9. The van der Waals surface area contributed by atoms with Crippen LogP contribution in [0.3, 0.4) is 0 Å². The van der Waals surface area contributed by atoms with Gasteiger partial charge in [-0.05, 0) is 30.0 Å². The summed E-state index contributed by atoms with van der Waals surface area (Å²) in [6.45, 7) is 2.40. The summed E-state index contributed by atoms with van der Waals surface area (Å²) >= 11 is 0. The summed E-state index contributed by atoms with van der Waals surface area (Å²) in [6.07, 6.45) is 11.9. The Bertz CT molecular complexity index is 866. The number of carbonyl (C=O) groups is 1. The molecule has 0 radical (unpaired) electrons. The molecule has 0 aromatic heterocycles. The number of hydrogen-bond donors (Lipinski definition) is 2. The fraction of sp³-hybridized carbons (Fsp3) is 0.464. The van der Waals surface area contributed by atoms with Crippen molar-refractivity contribution in [3.05, 3.63) is 71.8 Å². The second-order valence-corrected chi connectivity index (χ2v) is 8.90. The molecule has 2 aromatic carbocycles. The Kier molecular flexibility index (Phi) is 10.3. The molecule has 0 saturated heterocycles. The summed E-state index contributed by atoms with van der Waals surface area (Å²) in [5.41, 5.74) is 3.57. The van der Waals surface area contributed by atoms with Gasteiger partial charge < -0.3 is 15.2 Å². The number of nitrogens with one attached hydrogen (secondary N) is 1. The van der Waals surface area contributed by atoms with E-state index < -0.39 is 6.09 Å². The minimum absolute atomic E-state index is 0.133. The zero-order valence-electron chi connectivity index (χ0n) is 19.8. The van der Waals surface area contributed by atoms with E-state index in [-0.39, 0.29) is 6.04 Å². The molecule has 0 unspecified atom stereocenters. The SMILES string of the molecule is C1CCCCC1.COc1ccccc1C1=CCN(C[C@@H](Cc2ccccc2)NC(=O)O)CC1. The summed E-state index contributed by atoms with van der Waals surface area (Å²) in [5.74, 6) is 0.895. The Balaban J connectivity index is 0.000000442. The fourth-order valence-corrected chi connectivity index (χ4v) is 4.64. The number of carboxylic acid groups (broad SMARTS) is 1. The maximum absolute atomic E-state index is 11.2. The van der Waals surface area contributed by atoms with E-state index in [4.69, 9.17) is 4.74 Å². The molecule has 1 aliphatic heterocycles. The maximum atomic E-state index is 11.2. The van der Waals surface area contributed by atoms with Gasteiger partial charge in [-0.1, -0.05) is 93.1 Å². The molecule has 0 spiro atoms. The van der Waals surface area contributed by atoms with Gasteiger partial charge in [0.25, 0.3) is 0 Å². The van der Waals surface area contributed by atoms with Crippen molar-refractivity contribution in [2.24, 2.45) is 0 Å².